The van der Waals surface area contributed by atoms with Crippen molar-refractivity contribution >= 4 is 23.4 Å². The fourth-order valence-corrected chi connectivity index (χ4v) is 4.24. The van der Waals surface area contributed by atoms with E-state index in [0.29, 0.717) is 16.6 Å². The van der Waals surface area contributed by atoms with Crippen LogP contribution in [-0.2, 0) is 4.79 Å². The van der Waals surface area contributed by atoms with Crippen LogP contribution in [0.4, 0.5) is 0 Å². The monoisotopic (exact) mass is 391 g/mol. The molecular formula is C21H30ClN3O2. The first-order chi connectivity index (χ1) is 13.0. The van der Waals surface area contributed by atoms with Crippen molar-refractivity contribution < 1.29 is 9.59 Å². The number of benzene rings is 1. The molecule has 2 amide bonds. The topological polar surface area (TPSA) is 52.7 Å². The molecule has 0 radical (unpaired) electrons. The van der Waals surface area contributed by atoms with Gasteiger partial charge < -0.3 is 10.2 Å². The molecule has 5 nitrogen and oxygen atoms in total. The number of carbonyl (C=O) groups is 2. The molecule has 3 rings (SSSR count). The number of hydrogen-bond donors (Lipinski definition) is 1. The molecule has 148 valence electrons. The second-order valence-electron chi connectivity index (χ2n) is 7.81. The molecule has 3 atom stereocenters. The van der Waals surface area contributed by atoms with Crippen molar-refractivity contribution in [2.75, 3.05) is 26.2 Å². The molecule has 2 fully saturated rings. The third-order valence-electron chi connectivity index (χ3n) is 5.99. The average molecular weight is 392 g/mol. The van der Waals surface area contributed by atoms with Gasteiger partial charge in [0.05, 0.1) is 0 Å². The number of halogens is 1. The van der Waals surface area contributed by atoms with E-state index < -0.39 is 6.04 Å². The van der Waals surface area contributed by atoms with E-state index in [1.165, 1.54) is 6.42 Å². The van der Waals surface area contributed by atoms with Gasteiger partial charge in [-0.3, -0.25) is 14.5 Å². The molecule has 2 heterocycles. The number of hydrogen-bond acceptors (Lipinski definition) is 3. The lowest BCUT2D eigenvalue weighted by atomic mass is 9.97. The molecule has 0 aromatic heterocycles. The van der Waals surface area contributed by atoms with Gasteiger partial charge in [-0.05, 0) is 56.0 Å². The van der Waals surface area contributed by atoms with Crippen LogP contribution in [0.25, 0.3) is 0 Å². The Morgan fingerprint density at radius 2 is 1.89 bits per heavy atom. The molecule has 1 aromatic rings. The number of amides is 2. The predicted molar refractivity (Wildman–Crippen MR) is 108 cm³/mol. The molecule has 0 bridgehead atoms. The third-order valence-corrected chi connectivity index (χ3v) is 6.24. The van der Waals surface area contributed by atoms with E-state index in [9.17, 15) is 9.59 Å². The maximum atomic E-state index is 13.3. The lowest BCUT2D eigenvalue weighted by molar-refractivity contribution is -0.134. The van der Waals surface area contributed by atoms with Crippen molar-refractivity contribution in [3.05, 3.63) is 34.9 Å². The molecule has 2 saturated heterocycles. The maximum absolute atomic E-state index is 13.3. The van der Waals surface area contributed by atoms with E-state index >= 15 is 0 Å². The molecule has 0 saturated carbocycles. The Balaban J connectivity index is 1.72. The average Bonchev–Trinajstić information content (AvgIpc) is 3.02. The van der Waals surface area contributed by atoms with E-state index in [4.69, 9.17) is 11.6 Å². The van der Waals surface area contributed by atoms with E-state index in [1.807, 2.05) is 11.8 Å². The first-order valence-electron chi connectivity index (χ1n) is 10.1. The second-order valence-corrected chi connectivity index (χ2v) is 8.25. The van der Waals surface area contributed by atoms with Gasteiger partial charge in [-0.25, -0.2) is 0 Å². The summed E-state index contributed by atoms with van der Waals surface area (Å²) >= 11 is 5.91. The standard InChI is InChI=1S/C21H30ClN3O2/c1-3-15(2)19(23-20(26)16-7-9-17(22)10-8-16)21(27)25-13-5-12-24-11-4-6-18(24)14-25/h7-10,15,18-19H,3-6,11-14H2,1-2H3,(H,23,26)/t15-,18+,19-/m0/s1. The van der Waals surface area contributed by atoms with E-state index in [-0.39, 0.29) is 17.7 Å². The molecule has 1 N–H and O–H groups in total. The molecule has 0 spiro atoms. The smallest absolute Gasteiger partial charge is 0.251 e. The van der Waals surface area contributed by atoms with Crippen molar-refractivity contribution in [2.24, 2.45) is 5.92 Å². The summed E-state index contributed by atoms with van der Waals surface area (Å²) in [7, 11) is 0. The number of nitrogens with zero attached hydrogens (tertiary/aromatic N) is 2. The molecule has 2 aliphatic rings. The maximum Gasteiger partial charge on any atom is 0.251 e. The number of rotatable bonds is 5. The number of fused-ring (bicyclic) bond motifs is 1. The highest BCUT2D eigenvalue weighted by atomic mass is 35.5. The van der Waals surface area contributed by atoms with Gasteiger partial charge in [0.15, 0.2) is 0 Å². The van der Waals surface area contributed by atoms with E-state index in [1.54, 1.807) is 24.3 Å². The minimum absolute atomic E-state index is 0.0559. The van der Waals surface area contributed by atoms with Crippen LogP contribution in [0.1, 0.15) is 49.9 Å². The van der Waals surface area contributed by atoms with Crippen LogP contribution in [0.3, 0.4) is 0 Å². The summed E-state index contributed by atoms with van der Waals surface area (Å²) in [5.41, 5.74) is 0.526. The van der Waals surface area contributed by atoms with Crippen LogP contribution in [0.2, 0.25) is 5.02 Å². The Morgan fingerprint density at radius 3 is 2.59 bits per heavy atom. The third kappa shape index (κ3) is 4.82. The van der Waals surface area contributed by atoms with Crippen LogP contribution >= 0.6 is 11.6 Å². The summed E-state index contributed by atoms with van der Waals surface area (Å²) in [5.74, 6) is -0.0836. The molecule has 1 aromatic carbocycles. The summed E-state index contributed by atoms with van der Waals surface area (Å²) in [6.07, 6.45) is 4.21. The van der Waals surface area contributed by atoms with Gasteiger partial charge in [-0.1, -0.05) is 31.9 Å². The lowest BCUT2D eigenvalue weighted by Gasteiger charge is -2.31. The largest absolute Gasteiger partial charge is 0.340 e. The van der Waals surface area contributed by atoms with Gasteiger partial charge >= 0.3 is 0 Å². The van der Waals surface area contributed by atoms with Crippen LogP contribution in [0, 0.1) is 5.92 Å². The van der Waals surface area contributed by atoms with Crippen LogP contribution in [0.15, 0.2) is 24.3 Å². The molecule has 2 aliphatic heterocycles. The fraction of sp³-hybridized carbons (Fsp3) is 0.619. The van der Waals surface area contributed by atoms with E-state index in [2.05, 4.69) is 17.1 Å². The molecule has 0 aliphatic carbocycles. The summed E-state index contributed by atoms with van der Waals surface area (Å²) in [6.45, 7) is 7.86. The lowest BCUT2D eigenvalue weighted by Crippen LogP contribution is -2.53. The van der Waals surface area contributed by atoms with Crippen molar-refractivity contribution in [3.63, 3.8) is 0 Å². The van der Waals surface area contributed by atoms with Gasteiger partial charge in [0.1, 0.15) is 6.04 Å². The fourth-order valence-electron chi connectivity index (χ4n) is 4.11. The molecular weight excluding hydrogens is 362 g/mol. The van der Waals surface area contributed by atoms with Gasteiger partial charge in [0.25, 0.3) is 5.91 Å². The quantitative estimate of drug-likeness (QED) is 0.838. The number of nitrogens with one attached hydrogen (secondary N) is 1. The van der Waals surface area contributed by atoms with Crippen molar-refractivity contribution in [1.29, 1.82) is 0 Å². The van der Waals surface area contributed by atoms with Crippen LogP contribution in [0.5, 0.6) is 0 Å². The molecule has 27 heavy (non-hydrogen) atoms. The zero-order valence-corrected chi connectivity index (χ0v) is 17.0. The Labute approximate surface area is 167 Å². The van der Waals surface area contributed by atoms with E-state index in [0.717, 1.165) is 45.4 Å². The van der Waals surface area contributed by atoms with Crippen LogP contribution < -0.4 is 5.32 Å². The zero-order chi connectivity index (χ0) is 19.4. The number of carbonyl (C=O) groups excluding carboxylic acids is 2. The minimum Gasteiger partial charge on any atom is -0.340 e. The van der Waals surface area contributed by atoms with Crippen LogP contribution in [-0.4, -0.2) is 59.9 Å². The highest BCUT2D eigenvalue weighted by molar-refractivity contribution is 6.30. The summed E-state index contributed by atoms with van der Waals surface area (Å²) in [4.78, 5) is 30.5. The summed E-state index contributed by atoms with van der Waals surface area (Å²) in [6, 6.07) is 6.75. The first-order valence-corrected chi connectivity index (χ1v) is 10.5. The molecule has 6 heteroatoms. The zero-order valence-electron chi connectivity index (χ0n) is 16.3. The minimum atomic E-state index is -0.494. The second kappa shape index (κ2) is 9.07. The first kappa shape index (κ1) is 20.2. The predicted octanol–water partition coefficient (Wildman–Crippen LogP) is 3.18. The van der Waals surface area contributed by atoms with Crippen molar-refractivity contribution in [1.82, 2.24) is 15.1 Å². The van der Waals surface area contributed by atoms with Crippen molar-refractivity contribution in [2.45, 2.75) is 51.6 Å². The highest BCUT2D eigenvalue weighted by Crippen LogP contribution is 2.23. The highest BCUT2D eigenvalue weighted by Gasteiger charge is 2.35. The Kier molecular flexibility index (Phi) is 6.77. The normalized spacial score (nSPS) is 22.6. The van der Waals surface area contributed by atoms with Gasteiger partial charge in [0.2, 0.25) is 5.91 Å². The summed E-state index contributed by atoms with van der Waals surface area (Å²) < 4.78 is 0. The van der Waals surface area contributed by atoms with Gasteiger partial charge in [-0.15, -0.1) is 0 Å². The Bertz CT molecular complexity index is 664. The van der Waals surface area contributed by atoms with Gasteiger partial charge in [-0.2, -0.15) is 0 Å². The summed E-state index contributed by atoms with van der Waals surface area (Å²) in [5, 5.41) is 3.58. The SMILES string of the molecule is CC[C@H](C)[C@H](NC(=O)c1ccc(Cl)cc1)C(=O)N1CCCN2CCC[C@@H]2C1. The van der Waals surface area contributed by atoms with Crippen molar-refractivity contribution in [3.8, 4) is 0 Å². The molecule has 0 unspecified atom stereocenters. The Morgan fingerprint density at radius 1 is 1.19 bits per heavy atom. The van der Waals surface area contributed by atoms with Gasteiger partial charge in [0, 0.05) is 36.3 Å². The Hall–Kier alpha value is -1.59.